The van der Waals surface area contributed by atoms with Gasteiger partial charge in [0.15, 0.2) is 5.69 Å². The standard InChI is InChI=1S/C13H19F2N3O3S/c1-8(2)5-18-6-10(12(14)15)11(16-18)13(19)17-22(20,21)7-9-3-4-9/h6,8-9,12H,3-5,7H2,1-2H3,(H,17,19). The van der Waals surface area contributed by atoms with Crippen molar-refractivity contribution in [3.63, 3.8) is 0 Å². The number of hydrogen-bond acceptors (Lipinski definition) is 4. The Morgan fingerprint density at radius 2 is 2.09 bits per heavy atom. The van der Waals surface area contributed by atoms with Crippen LogP contribution in [-0.2, 0) is 16.6 Å². The minimum absolute atomic E-state index is 0.0540. The van der Waals surface area contributed by atoms with Crippen molar-refractivity contribution in [1.82, 2.24) is 14.5 Å². The zero-order valence-corrected chi connectivity index (χ0v) is 13.2. The molecule has 1 aliphatic carbocycles. The number of carbonyl (C=O) groups excluding carboxylic acids is 1. The van der Waals surface area contributed by atoms with Gasteiger partial charge in [0.05, 0.1) is 11.3 Å². The predicted octanol–water partition coefficient (Wildman–Crippen LogP) is 1.95. The summed E-state index contributed by atoms with van der Waals surface area (Å²) in [5.41, 5.74) is -1.09. The molecule has 1 saturated carbocycles. The Bertz CT molecular complexity index is 651. The summed E-state index contributed by atoms with van der Waals surface area (Å²) in [6, 6.07) is 0. The molecule has 1 amide bonds. The Hall–Kier alpha value is -1.51. The molecule has 0 bridgehead atoms. The SMILES string of the molecule is CC(C)Cn1cc(C(F)F)c(C(=O)NS(=O)(=O)CC2CC2)n1. The van der Waals surface area contributed by atoms with Crippen molar-refractivity contribution in [3.05, 3.63) is 17.5 Å². The summed E-state index contributed by atoms with van der Waals surface area (Å²) in [5, 5.41) is 3.81. The fourth-order valence-corrected chi connectivity index (χ4v) is 3.48. The van der Waals surface area contributed by atoms with Crippen molar-refractivity contribution < 1.29 is 22.0 Å². The predicted molar refractivity (Wildman–Crippen MR) is 76.0 cm³/mol. The van der Waals surface area contributed by atoms with Gasteiger partial charge in [0.25, 0.3) is 12.3 Å². The largest absolute Gasteiger partial charge is 0.285 e. The van der Waals surface area contributed by atoms with E-state index in [1.807, 2.05) is 18.6 Å². The lowest BCUT2D eigenvalue weighted by molar-refractivity contribution is 0.0962. The van der Waals surface area contributed by atoms with Crippen molar-refractivity contribution in [2.24, 2.45) is 11.8 Å². The quantitative estimate of drug-likeness (QED) is 0.826. The average molecular weight is 335 g/mol. The van der Waals surface area contributed by atoms with Crippen molar-refractivity contribution >= 4 is 15.9 Å². The number of carbonyl (C=O) groups is 1. The number of amides is 1. The van der Waals surface area contributed by atoms with Gasteiger partial charge in [-0.05, 0) is 24.7 Å². The van der Waals surface area contributed by atoms with Crippen molar-refractivity contribution in [1.29, 1.82) is 0 Å². The topological polar surface area (TPSA) is 81.1 Å². The van der Waals surface area contributed by atoms with Crippen LogP contribution in [0, 0.1) is 11.8 Å². The van der Waals surface area contributed by atoms with E-state index in [4.69, 9.17) is 0 Å². The van der Waals surface area contributed by atoms with Gasteiger partial charge in [-0.2, -0.15) is 5.10 Å². The number of aromatic nitrogens is 2. The maximum atomic E-state index is 13.0. The first kappa shape index (κ1) is 16.9. The molecule has 0 aliphatic heterocycles. The van der Waals surface area contributed by atoms with Crippen LogP contribution in [0.3, 0.4) is 0 Å². The molecule has 1 aliphatic rings. The average Bonchev–Trinajstić information content (AvgIpc) is 3.03. The van der Waals surface area contributed by atoms with E-state index >= 15 is 0 Å². The van der Waals surface area contributed by atoms with Gasteiger partial charge in [-0.1, -0.05) is 13.8 Å². The van der Waals surface area contributed by atoms with Crippen LogP contribution in [0.5, 0.6) is 0 Å². The molecular formula is C13H19F2N3O3S. The molecule has 0 atom stereocenters. The fraction of sp³-hybridized carbons (Fsp3) is 0.692. The number of sulfonamides is 1. The normalized spacial score (nSPS) is 15.5. The molecule has 9 heteroatoms. The monoisotopic (exact) mass is 335 g/mol. The number of rotatable bonds is 7. The van der Waals surface area contributed by atoms with E-state index < -0.39 is 33.6 Å². The highest BCUT2D eigenvalue weighted by atomic mass is 32.2. The molecule has 1 aromatic rings. The molecule has 1 fully saturated rings. The van der Waals surface area contributed by atoms with Crippen molar-refractivity contribution in [2.75, 3.05) is 5.75 Å². The minimum Gasteiger partial charge on any atom is -0.271 e. The van der Waals surface area contributed by atoms with Crippen molar-refractivity contribution in [3.8, 4) is 0 Å². The van der Waals surface area contributed by atoms with E-state index in [2.05, 4.69) is 5.10 Å². The fourth-order valence-electron chi connectivity index (χ4n) is 2.07. The van der Waals surface area contributed by atoms with Crippen LogP contribution in [0.4, 0.5) is 8.78 Å². The highest BCUT2D eigenvalue weighted by Gasteiger charge is 2.31. The molecule has 2 rings (SSSR count). The van der Waals surface area contributed by atoms with Gasteiger partial charge in [-0.25, -0.2) is 21.9 Å². The molecule has 1 heterocycles. The first-order valence-electron chi connectivity index (χ1n) is 7.08. The Labute approximate surface area is 127 Å². The molecule has 0 spiro atoms. The lowest BCUT2D eigenvalue weighted by Crippen LogP contribution is -2.34. The summed E-state index contributed by atoms with van der Waals surface area (Å²) < 4.78 is 52.6. The van der Waals surface area contributed by atoms with E-state index in [1.165, 1.54) is 4.68 Å². The van der Waals surface area contributed by atoms with Gasteiger partial charge >= 0.3 is 0 Å². The molecule has 0 saturated heterocycles. The third kappa shape index (κ3) is 4.49. The lowest BCUT2D eigenvalue weighted by atomic mass is 10.2. The molecule has 0 unspecified atom stereocenters. The maximum Gasteiger partial charge on any atom is 0.285 e. The second-order valence-corrected chi connectivity index (χ2v) is 7.77. The van der Waals surface area contributed by atoms with E-state index in [0.717, 1.165) is 19.0 Å². The van der Waals surface area contributed by atoms with Crippen LogP contribution < -0.4 is 4.72 Å². The van der Waals surface area contributed by atoms with Crippen LogP contribution in [-0.4, -0.2) is 29.9 Å². The minimum atomic E-state index is -3.82. The summed E-state index contributed by atoms with van der Waals surface area (Å²) in [6.45, 7) is 4.12. The van der Waals surface area contributed by atoms with Crippen LogP contribution in [0.25, 0.3) is 0 Å². The van der Waals surface area contributed by atoms with E-state index in [0.29, 0.717) is 6.54 Å². The molecule has 124 valence electrons. The second-order valence-electron chi connectivity index (χ2n) is 6.01. The highest BCUT2D eigenvalue weighted by molar-refractivity contribution is 7.90. The Morgan fingerprint density at radius 3 is 2.59 bits per heavy atom. The van der Waals surface area contributed by atoms with Gasteiger partial charge in [-0.3, -0.25) is 9.48 Å². The highest BCUT2D eigenvalue weighted by Crippen LogP contribution is 2.30. The van der Waals surface area contributed by atoms with Crippen LogP contribution in [0.2, 0.25) is 0 Å². The van der Waals surface area contributed by atoms with E-state index in [9.17, 15) is 22.0 Å². The summed E-state index contributed by atoms with van der Waals surface area (Å²) in [7, 11) is -3.82. The molecular weight excluding hydrogens is 316 g/mol. The molecule has 0 aromatic carbocycles. The van der Waals surface area contributed by atoms with E-state index in [1.54, 1.807) is 0 Å². The Balaban J connectivity index is 2.18. The third-order valence-electron chi connectivity index (χ3n) is 3.19. The molecule has 0 radical (unpaired) electrons. The Kier molecular flexibility index (Phi) is 4.84. The molecule has 22 heavy (non-hydrogen) atoms. The number of nitrogens with zero attached hydrogens (tertiary/aromatic N) is 2. The zero-order chi connectivity index (χ0) is 16.5. The molecule has 1 N–H and O–H groups in total. The van der Waals surface area contributed by atoms with Crippen molar-refractivity contribution in [2.45, 2.75) is 39.7 Å². The van der Waals surface area contributed by atoms with Gasteiger partial charge in [0, 0.05) is 12.7 Å². The van der Waals surface area contributed by atoms with E-state index in [-0.39, 0.29) is 17.6 Å². The number of halogens is 2. The van der Waals surface area contributed by atoms with Gasteiger partial charge in [0.1, 0.15) is 0 Å². The first-order valence-corrected chi connectivity index (χ1v) is 8.73. The number of nitrogens with one attached hydrogen (secondary N) is 1. The first-order chi connectivity index (χ1) is 10.2. The summed E-state index contributed by atoms with van der Waals surface area (Å²) in [6.07, 6.45) is -0.193. The molecule has 1 aromatic heterocycles. The lowest BCUT2D eigenvalue weighted by Gasteiger charge is -2.06. The van der Waals surface area contributed by atoms with Crippen LogP contribution in [0.1, 0.15) is 49.2 Å². The zero-order valence-electron chi connectivity index (χ0n) is 12.4. The summed E-state index contributed by atoms with van der Waals surface area (Å²) in [5.74, 6) is -1.05. The van der Waals surface area contributed by atoms with Crippen LogP contribution >= 0.6 is 0 Å². The summed E-state index contributed by atoms with van der Waals surface area (Å²) >= 11 is 0. The van der Waals surface area contributed by atoms with Crippen LogP contribution in [0.15, 0.2) is 6.20 Å². The smallest absolute Gasteiger partial charge is 0.271 e. The van der Waals surface area contributed by atoms with Gasteiger partial charge in [-0.15, -0.1) is 0 Å². The summed E-state index contributed by atoms with van der Waals surface area (Å²) in [4.78, 5) is 12.0. The number of hydrogen-bond donors (Lipinski definition) is 1. The second kappa shape index (κ2) is 6.31. The number of alkyl halides is 2. The maximum absolute atomic E-state index is 13.0. The van der Waals surface area contributed by atoms with Gasteiger partial charge < -0.3 is 0 Å². The third-order valence-corrected chi connectivity index (χ3v) is 4.60. The van der Waals surface area contributed by atoms with Gasteiger partial charge in [0.2, 0.25) is 10.0 Å². The molecule has 6 nitrogen and oxygen atoms in total. The Morgan fingerprint density at radius 1 is 1.45 bits per heavy atom.